The largest absolute Gasteiger partial charge is 0.309 e. The van der Waals surface area contributed by atoms with E-state index in [1.165, 1.54) is 0 Å². The van der Waals surface area contributed by atoms with Crippen molar-refractivity contribution in [3.8, 4) is 10.6 Å². The summed E-state index contributed by atoms with van der Waals surface area (Å²) < 4.78 is 0. The number of benzene rings is 1. The van der Waals surface area contributed by atoms with E-state index in [1.54, 1.807) is 11.3 Å². The van der Waals surface area contributed by atoms with E-state index in [1.807, 2.05) is 19.1 Å². The van der Waals surface area contributed by atoms with Crippen LogP contribution >= 0.6 is 22.9 Å². The standard InChI is InChI=1S/C14H17ClN2S/c1-4-16-10(3)13-8-18-14(17-13)11-6-5-9(2)12(15)7-11/h5-8,10,16H,4H2,1-3H3. The fraction of sp³-hybridized carbons (Fsp3) is 0.357. The minimum absolute atomic E-state index is 0.293. The second-order valence-electron chi connectivity index (χ2n) is 4.32. The first-order valence-corrected chi connectivity index (χ1v) is 7.33. The number of thiazole rings is 1. The summed E-state index contributed by atoms with van der Waals surface area (Å²) >= 11 is 7.81. The van der Waals surface area contributed by atoms with Gasteiger partial charge >= 0.3 is 0 Å². The van der Waals surface area contributed by atoms with E-state index in [2.05, 4.69) is 35.6 Å². The third-order valence-electron chi connectivity index (χ3n) is 2.89. The van der Waals surface area contributed by atoms with Gasteiger partial charge in [0.05, 0.1) is 5.69 Å². The van der Waals surface area contributed by atoms with Gasteiger partial charge in [-0.1, -0.05) is 30.7 Å². The molecular formula is C14H17ClN2S. The molecule has 0 fully saturated rings. The number of rotatable bonds is 4. The van der Waals surface area contributed by atoms with Crippen molar-refractivity contribution in [3.63, 3.8) is 0 Å². The van der Waals surface area contributed by atoms with Crippen LogP contribution < -0.4 is 5.32 Å². The first kappa shape index (κ1) is 13.5. The molecule has 4 heteroatoms. The Labute approximate surface area is 117 Å². The van der Waals surface area contributed by atoms with Crippen LogP contribution in [-0.4, -0.2) is 11.5 Å². The number of halogens is 1. The van der Waals surface area contributed by atoms with Crippen molar-refractivity contribution in [1.82, 2.24) is 10.3 Å². The second kappa shape index (κ2) is 5.83. The van der Waals surface area contributed by atoms with Gasteiger partial charge < -0.3 is 5.32 Å². The van der Waals surface area contributed by atoms with Crippen LogP contribution in [0.5, 0.6) is 0 Å². The summed E-state index contributed by atoms with van der Waals surface area (Å²) in [4.78, 5) is 4.67. The zero-order valence-corrected chi connectivity index (χ0v) is 12.4. The van der Waals surface area contributed by atoms with Crippen LogP contribution in [0.1, 0.15) is 31.1 Å². The van der Waals surface area contributed by atoms with Gasteiger partial charge in [-0.15, -0.1) is 11.3 Å². The maximum Gasteiger partial charge on any atom is 0.123 e. The molecule has 18 heavy (non-hydrogen) atoms. The van der Waals surface area contributed by atoms with Crippen molar-refractivity contribution in [1.29, 1.82) is 0 Å². The number of hydrogen-bond donors (Lipinski definition) is 1. The molecular weight excluding hydrogens is 264 g/mol. The highest BCUT2D eigenvalue weighted by atomic mass is 35.5. The number of hydrogen-bond acceptors (Lipinski definition) is 3. The Morgan fingerprint density at radius 3 is 2.89 bits per heavy atom. The van der Waals surface area contributed by atoms with Gasteiger partial charge in [0.15, 0.2) is 0 Å². The van der Waals surface area contributed by atoms with Crippen LogP contribution in [0.15, 0.2) is 23.6 Å². The normalized spacial score (nSPS) is 12.7. The monoisotopic (exact) mass is 280 g/mol. The smallest absolute Gasteiger partial charge is 0.123 e. The van der Waals surface area contributed by atoms with E-state index in [0.717, 1.165) is 33.4 Å². The van der Waals surface area contributed by atoms with Crippen molar-refractivity contribution in [2.45, 2.75) is 26.8 Å². The summed E-state index contributed by atoms with van der Waals surface area (Å²) in [7, 11) is 0. The van der Waals surface area contributed by atoms with E-state index >= 15 is 0 Å². The van der Waals surface area contributed by atoms with Crippen LogP contribution in [-0.2, 0) is 0 Å². The van der Waals surface area contributed by atoms with E-state index in [9.17, 15) is 0 Å². The lowest BCUT2D eigenvalue weighted by Crippen LogP contribution is -2.17. The zero-order chi connectivity index (χ0) is 13.1. The molecule has 0 aliphatic rings. The molecule has 96 valence electrons. The minimum Gasteiger partial charge on any atom is -0.309 e. The lowest BCUT2D eigenvalue weighted by molar-refractivity contribution is 0.587. The quantitative estimate of drug-likeness (QED) is 0.895. The van der Waals surface area contributed by atoms with Crippen molar-refractivity contribution >= 4 is 22.9 Å². The first-order valence-electron chi connectivity index (χ1n) is 6.07. The molecule has 2 aromatic rings. The molecule has 0 aliphatic heterocycles. The van der Waals surface area contributed by atoms with Crippen molar-refractivity contribution in [3.05, 3.63) is 39.9 Å². The summed E-state index contributed by atoms with van der Waals surface area (Å²) in [6, 6.07) is 6.38. The molecule has 0 saturated carbocycles. The highest BCUT2D eigenvalue weighted by molar-refractivity contribution is 7.13. The molecule has 1 atom stereocenters. The Bertz CT molecular complexity index is 536. The third kappa shape index (κ3) is 2.91. The molecule has 1 aromatic carbocycles. The van der Waals surface area contributed by atoms with Gasteiger partial charge in [-0.05, 0) is 32.0 Å². The molecule has 0 bridgehead atoms. The van der Waals surface area contributed by atoms with Crippen molar-refractivity contribution in [2.24, 2.45) is 0 Å². The van der Waals surface area contributed by atoms with Crippen LogP contribution in [0.2, 0.25) is 5.02 Å². The predicted octanol–water partition coefficient (Wildman–Crippen LogP) is 4.44. The fourth-order valence-corrected chi connectivity index (χ4v) is 2.85. The summed E-state index contributed by atoms with van der Waals surface area (Å²) in [6.07, 6.45) is 0. The Balaban J connectivity index is 2.26. The van der Waals surface area contributed by atoms with Crippen molar-refractivity contribution < 1.29 is 0 Å². The maximum atomic E-state index is 6.15. The van der Waals surface area contributed by atoms with Crippen LogP contribution in [0.25, 0.3) is 10.6 Å². The second-order valence-corrected chi connectivity index (χ2v) is 5.59. The molecule has 1 aromatic heterocycles. The van der Waals surface area contributed by atoms with Gasteiger partial charge in [0.1, 0.15) is 5.01 Å². The molecule has 1 heterocycles. The zero-order valence-electron chi connectivity index (χ0n) is 10.8. The van der Waals surface area contributed by atoms with E-state index in [-0.39, 0.29) is 0 Å². The Kier molecular flexibility index (Phi) is 4.38. The molecule has 2 rings (SSSR count). The molecule has 0 aliphatic carbocycles. The summed E-state index contributed by atoms with van der Waals surface area (Å²) in [5.41, 5.74) is 3.28. The molecule has 0 radical (unpaired) electrons. The number of aryl methyl sites for hydroxylation is 1. The highest BCUT2D eigenvalue weighted by Crippen LogP contribution is 2.29. The van der Waals surface area contributed by atoms with Crippen LogP contribution in [0.3, 0.4) is 0 Å². The van der Waals surface area contributed by atoms with Gasteiger partial charge in [-0.25, -0.2) is 4.98 Å². The number of nitrogens with one attached hydrogen (secondary N) is 1. The Morgan fingerprint density at radius 2 is 2.22 bits per heavy atom. The Morgan fingerprint density at radius 1 is 1.44 bits per heavy atom. The maximum absolute atomic E-state index is 6.15. The predicted molar refractivity (Wildman–Crippen MR) is 79.4 cm³/mol. The number of nitrogens with zero attached hydrogens (tertiary/aromatic N) is 1. The average molecular weight is 281 g/mol. The average Bonchev–Trinajstić information content (AvgIpc) is 2.82. The summed E-state index contributed by atoms with van der Waals surface area (Å²) in [5.74, 6) is 0. The minimum atomic E-state index is 0.293. The van der Waals surface area contributed by atoms with E-state index in [0.29, 0.717) is 6.04 Å². The van der Waals surface area contributed by atoms with Gasteiger partial charge in [0, 0.05) is 22.0 Å². The molecule has 0 spiro atoms. The van der Waals surface area contributed by atoms with E-state index < -0.39 is 0 Å². The molecule has 0 saturated heterocycles. The molecule has 1 unspecified atom stereocenters. The summed E-state index contributed by atoms with van der Waals surface area (Å²) in [6.45, 7) is 7.19. The van der Waals surface area contributed by atoms with Gasteiger partial charge in [-0.2, -0.15) is 0 Å². The third-order valence-corrected chi connectivity index (χ3v) is 4.21. The lowest BCUT2D eigenvalue weighted by atomic mass is 10.1. The van der Waals surface area contributed by atoms with Crippen LogP contribution in [0, 0.1) is 6.92 Å². The van der Waals surface area contributed by atoms with Gasteiger partial charge in [0.2, 0.25) is 0 Å². The highest BCUT2D eigenvalue weighted by Gasteiger charge is 2.10. The molecule has 1 N–H and O–H groups in total. The van der Waals surface area contributed by atoms with Crippen molar-refractivity contribution in [2.75, 3.05) is 6.54 Å². The molecule has 2 nitrogen and oxygen atoms in total. The SMILES string of the molecule is CCNC(C)c1csc(-c2ccc(C)c(Cl)c2)n1. The van der Waals surface area contributed by atoms with Gasteiger partial charge in [-0.3, -0.25) is 0 Å². The van der Waals surface area contributed by atoms with E-state index in [4.69, 9.17) is 11.6 Å². The first-order chi connectivity index (χ1) is 8.61. The molecule has 0 amide bonds. The van der Waals surface area contributed by atoms with Gasteiger partial charge in [0.25, 0.3) is 0 Å². The summed E-state index contributed by atoms with van der Waals surface area (Å²) in [5, 5.41) is 7.29. The number of aromatic nitrogens is 1. The topological polar surface area (TPSA) is 24.9 Å². The fourth-order valence-electron chi connectivity index (χ4n) is 1.75. The lowest BCUT2D eigenvalue weighted by Gasteiger charge is -2.08. The Hall–Kier alpha value is -0.900. The van der Waals surface area contributed by atoms with Crippen LogP contribution in [0.4, 0.5) is 0 Å².